The topological polar surface area (TPSA) is 30.7 Å². The van der Waals surface area contributed by atoms with Crippen LogP contribution in [0, 0.1) is 0 Å². The van der Waals surface area contributed by atoms with E-state index in [1.807, 2.05) is 35.6 Å². The number of para-hydroxylation sites is 1. The number of fused-ring (bicyclic) bond motifs is 9. The Morgan fingerprint density at radius 2 is 1.08 bits per heavy atom. The van der Waals surface area contributed by atoms with Gasteiger partial charge in [0, 0.05) is 58.5 Å². The minimum Gasteiger partial charge on any atom is -0.309 e. The Morgan fingerprint density at radius 1 is 0.385 bits per heavy atom. The Bertz CT molecular complexity index is 3160. The molecule has 0 unspecified atom stereocenters. The van der Waals surface area contributed by atoms with E-state index in [1.54, 1.807) is 0 Å². The largest absolute Gasteiger partial charge is 0.309 e. The molecule has 0 saturated heterocycles. The van der Waals surface area contributed by atoms with Gasteiger partial charge in [-0.25, -0.2) is 9.97 Å². The van der Waals surface area contributed by atoms with E-state index < -0.39 is 0 Å². The molecule has 52 heavy (non-hydrogen) atoms. The number of benzene rings is 8. The van der Waals surface area contributed by atoms with Gasteiger partial charge in [0.1, 0.15) is 0 Å². The van der Waals surface area contributed by atoms with Crippen LogP contribution in [0.5, 0.6) is 0 Å². The SMILES string of the molecule is c1ccc(-c2nc(-c3ccccc3)c3ccc4c(-c5ccc(-n6c7ccccc7c7cc8c(cc76)sc6ccccc68)cc5)cccc4c3n2)cc1. The first-order valence-corrected chi connectivity index (χ1v) is 18.4. The molecular weight excluding hydrogens is 651 g/mol. The zero-order valence-electron chi connectivity index (χ0n) is 28.0. The van der Waals surface area contributed by atoms with E-state index in [2.05, 4.69) is 156 Å². The molecule has 0 amide bonds. The van der Waals surface area contributed by atoms with Gasteiger partial charge in [-0.1, -0.05) is 133 Å². The molecule has 0 radical (unpaired) electrons. The van der Waals surface area contributed by atoms with Gasteiger partial charge in [0.15, 0.2) is 5.82 Å². The summed E-state index contributed by atoms with van der Waals surface area (Å²) in [5.41, 5.74) is 9.93. The lowest BCUT2D eigenvalue weighted by Crippen LogP contribution is -1.96. The van der Waals surface area contributed by atoms with Crippen LogP contribution in [0.2, 0.25) is 0 Å². The highest BCUT2D eigenvalue weighted by atomic mass is 32.1. The molecule has 3 nitrogen and oxygen atoms in total. The van der Waals surface area contributed by atoms with Crippen LogP contribution in [0.3, 0.4) is 0 Å². The summed E-state index contributed by atoms with van der Waals surface area (Å²) in [7, 11) is 0. The first-order valence-electron chi connectivity index (χ1n) is 17.6. The summed E-state index contributed by atoms with van der Waals surface area (Å²) in [6, 6.07) is 63.0. The van der Waals surface area contributed by atoms with Crippen LogP contribution in [0.25, 0.3) is 103 Å². The van der Waals surface area contributed by atoms with Gasteiger partial charge in [-0.15, -0.1) is 11.3 Å². The van der Waals surface area contributed by atoms with Crippen molar-refractivity contribution in [2.45, 2.75) is 0 Å². The molecule has 11 rings (SSSR count). The zero-order chi connectivity index (χ0) is 34.2. The summed E-state index contributed by atoms with van der Waals surface area (Å²) >= 11 is 1.87. The highest BCUT2D eigenvalue weighted by Gasteiger charge is 2.18. The molecule has 4 heteroatoms. The second-order valence-electron chi connectivity index (χ2n) is 13.4. The predicted octanol–water partition coefficient (Wildman–Crippen LogP) is 13.2. The molecule has 0 bridgehead atoms. The maximum absolute atomic E-state index is 5.22. The van der Waals surface area contributed by atoms with Crippen molar-refractivity contribution in [3.8, 4) is 39.5 Å². The van der Waals surface area contributed by atoms with Gasteiger partial charge in [-0.05, 0) is 59.0 Å². The summed E-state index contributed by atoms with van der Waals surface area (Å²) in [5, 5.41) is 8.54. The lowest BCUT2D eigenvalue weighted by molar-refractivity contribution is 1.18. The van der Waals surface area contributed by atoms with Crippen molar-refractivity contribution in [3.63, 3.8) is 0 Å². The van der Waals surface area contributed by atoms with Crippen molar-refractivity contribution in [2.24, 2.45) is 0 Å². The fourth-order valence-electron chi connectivity index (χ4n) is 7.99. The predicted molar refractivity (Wildman–Crippen MR) is 221 cm³/mol. The van der Waals surface area contributed by atoms with E-state index in [-0.39, 0.29) is 0 Å². The third kappa shape index (κ3) is 4.45. The van der Waals surface area contributed by atoms with Gasteiger partial charge in [0.05, 0.1) is 22.2 Å². The van der Waals surface area contributed by atoms with Gasteiger partial charge < -0.3 is 4.57 Å². The molecule has 3 heterocycles. The Hall–Kier alpha value is -6.62. The molecule has 0 aliphatic rings. The van der Waals surface area contributed by atoms with Crippen LogP contribution in [-0.4, -0.2) is 14.5 Å². The number of aromatic nitrogens is 3. The van der Waals surface area contributed by atoms with Crippen LogP contribution in [-0.2, 0) is 0 Å². The third-order valence-corrected chi connectivity index (χ3v) is 11.5. The van der Waals surface area contributed by atoms with Gasteiger partial charge in [-0.2, -0.15) is 0 Å². The Kier molecular flexibility index (Phi) is 6.42. The fourth-order valence-corrected chi connectivity index (χ4v) is 9.11. The molecule has 0 spiro atoms. The minimum absolute atomic E-state index is 0.730. The van der Waals surface area contributed by atoms with Gasteiger partial charge in [0.25, 0.3) is 0 Å². The van der Waals surface area contributed by atoms with Gasteiger partial charge >= 0.3 is 0 Å². The van der Waals surface area contributed by atoms with Crippen LogP contribution >= 0.6 is 11.3 Å². The smallest absolute Gasteiger partial charge is 0.160 e. The fraction of sp³-hybridized carbons (Fsp3) is 0. The molecule has 0 N–H and O–H groups in total. The standard InChI is InChI=1S/C48H29N3S/c1-3-12-31(13-4-1)46-39-27-26-35-34(18-11-19-38(35)47(39)50-48(49-46)32-14-5-2-6-15-32)30-22-24-33(25-23-30)51-42-20-9-7-16-36(42)40-28-41-37-17-8-10-21-44(37)52-45(41)29-43(40)51/h1-29H. The quantitative estimate of drug-likeness (QED) is 0.173. The lowest BCUT2D eigenvalue weighted by Gasteiger charge is -2.14. The lowest BCUT2D eigenvalue weighted by atomic mass is 9.95. The number of nitrogens with zero attached hydrogens (tertiary/aromatic N) is 3. The summed E-state index contributed by atoms with van der Waals surface area (Å²) in [5.74, 6) is 0.730. The van der Waals surface area contributed by atoms with Crippen molar-refractivity contribution in [1.29, 1.82) is 0 Å². The number of hydrogen-bond donors (Lipinski definition) is 0. The molecule has 3 aromatic heterocycles. The Balaban J connectivity index is 1.08. The van der Waals surface area contributed by atoms with Crippen LogP contribution in [0.15, 0.2) is 176 Å². The van der Waals surface area contributed by atoms with Crippen LogP contribution < -0.4 is 0 Å². The first-order chi connectivity index (χ1) is 25.8. The van der Waals surface area contributed by atoms with Crippen molar-refractivity contribution >= 4 is 75.0 Å². The number of thiophene rings is 1. The molecule has 11 aromatic rings. The average molecular weight is 680 g/mol. The van der Waals surface area contributed by atoms with Crippen molar-refractivity contribution < 1.29 is 0 Å². The van der Waals surface area contributed by atoms with Crippen molar-refractivity contribution in [1.82, 2.24) is 14.5 Å². The molecule has 0 aliphatic heterocycles. The van der Waals surface area contributed by atoms with Gasteiger partial charge in [-0.3, -0.25) is 0 Å². The summed E-state index contributed by atoms with van der Waals surface area (Å²) in [4.78, 5) is 10.3. The third-order valence-electron chi connectivity index (χ3n) is 10.4. The van der Waals surface area contributed by atoms with E-state index >= 15 is 0 Å². The highest BCUT2D eigenvalue weighted by molar-refractivity contribution is 7.25. The second kappa shape index (κ2) is 11.5. The van der Waals surface area contributed by atoms with Crippen LogP contribution in [0.1, 0.15) is 0 Å². The zero-order valence-corrected chi connectivity index (χ0v) is 28.8. The molecular formula is C48H29N3S. The monoisotopic (exact) mass is 679 g/mol. The molecule has 0 saturated carbocycles. The Labute approximate surface area is 303 Å². The Morgan fingerprint density at radius 3 is 1.90 bits per heavy atom. The van der Waals surface area contributed by atoms with Crippen LogP contribution in [0.4, 0.5) is 0 Å². The normalized spacial score (nSPS) is 11.8. The molecule has 0 aliphatic carbocycles. The molecule has 0 fully saturated rings. The van der Waals surface area contributed by atoms with E-state index in [0.717, 1.165) is 44.6 Å². The highest BCUT2D eigenvalue weighted by Crippen LogP contribution is 2.41. The maximum Gasteiger partial charge on any atom is 0.160 e. The minimum atomic E-state index is 0.730. The first kappa shape index (κ1) is 29.1. The maximum atomic E-state index is 5.22. The van der Waals surface area contributed by atoms with E-state index in [9.17, 15) is 0 Å². The van der Waals surface area contributed by atoms with E-state index in [4.69, 9.17) is 9.97 Å². The van der Waals surface area contributed by atoms with Gasteiger partial charge in [0.2, 0.25) is 0 Å². The summed E-state index contributed by atoms with van der Waals surface area (Å²) in [6.07, 6.45) is 0. The van der Waals surface area contributed by atoms with Crippen molar-refractivity contribution in [3.05, 3.63) is 176 Å². The summed E-state index contributed by atoms with van der Waals surface area (Å²) in [6.45, 7) is 0. The molecule has 0 atom stereocenters. The second-order valence-corrected chi connectivity index (χ2v) is 14.4. The molecule has 242 valence electrons. The van der Waals surface area contributed by atoms with E-state index in [1.165, 1.54) is 58.5 Å². The van der Waals surface area contributed by atoms with Crippen molar-refractivity contribution in [2.75, 3.05) is 0 Å². The average Bonchev–Trinajstić information content (AvgIpc) is 3.74. The number of hydrogen-bond acceptors (Lipinski definition) is 3. The number of rotatable bonds is 4. The molecule has 8 aromatic carbocycles. The van der Waals surface area contributed by atoms with E-state index in [0.29, 0.717) is 0 Å². The summed E-state index contributed by atoms with van der Waals surface area (Å²) < 4.78 is 5.06.